The summed E-state index contributed by atoms with van der Waals surface area (Å²) in [6, 6.07) is 7.98. The Bertz CT molecular complexity index is 734. The number of rotatable bonds is 4. The van der Waals surface area contributed by atoms with Crippen molar-refractivity contribution in [3.8, 4) is 0 Å². The van der Waals surface area contributed by atoms with Gasteiger partial charge in [-0.15, -0.1) is 0 Å². The fourth-order valence-electron chi connectivity index (χ4n) is 3.85. The molecule has 0 bridgehead atoms. The molecule has 2 aliphatic rings. The van der Waals surface area contributed by atoms with Crippen molar-refractivity contribution in [3.63, 3.8) is 0 Å². The molecule has 0 aliphatic carbocycles. The molecule has 2 aliphatic heterocycles. The lowest BCUT2D eigenvalue weighted by molar-refractivity contribution is 0.0728. The van der Waals surface area contributed by atoms with Gasteiger partial charge in [-0.3, -0.25) is 9.69 Å². The molecule has 0 N–H and O–H groups in total. The lowest BCUT2D eigenvalue weighted by Crippen LogP contribution is -2.31. The Kier molecular flexibility index (Phi) is 4.53. The van der Waals surface area contributed by atoms with Crippen LogP contribution in [0.15, 0.2) is 28.8 Å². The van der Waals surface area contributed by atoms with Crippen LogP contribution in [0.25, 0.3) is 0 Å². The second-order valence-corrected chi connectivity index (χ2v) is 7.01. The number of amides is 1. The van der Waals surface area contributed by atoms with Gasteiger partial charge in [-0.05, 0) is 56.5 Å². The van der Waals surface area contributed by atoms with Crippen LogP contribution in [-0.2, 0) is 6.54 Å². The smallest absolute Gasteiger partial charge is 0.254 e. The minimum Gasteiger partial charge on any atom is -0.340 e. The van der Waals surface area contributed by atoms with Crippen LogP contribution in [0.3, 0.4) is 0 Å². The lowest BCUT2D eigenvalue weighted by Gasteiger charge is -2.22. The van der Waals surface area contributed by atoms with Crippen molar-refractivity contribution in [2.24, 2.45) is 0 Å². The minimum absolute atomic E-state index is 0.0534. The highest BCUT2D eigenvalue weighted by Gasteiger charge is 2.33. The highest BCUT2D eigenvalue weighted by atomic mass is 16.5. The number of carbonyl (C=O) groups excluding carboxylic acids is 1. The predicted octanol–water partition coefficient (Wildman–Crippen LogP) is 2.95. The van der Waals surface area contributed by atoms with Crippen molar-refractivity contribution < 1.29 is 9.32 Å². The zero-order valence-electron chi connectivity index (χ0n) is 14.6. The normalized spacial score (nSPS) is 21.2. The Morgan fingerprint density at radius 2 is 1.92 bits per heavy atom. The molecule has 6 nitrogen and oxygen atoms in total. The van der Waals surface area contributed by atoms with Gasteiger partial charge in [0.1, 0.15) is 0 Å². The molecule has 25 heavy (non-hydrogen) atoms. The Balaban J connectivity index is 1.46. The van der Waals surface area contributed by atoms with Gasteiger partial charge >= 0.3 is 0 Å². The van der Waals surface area contributed by atoms with Gasteiger partial charge in [0, 0.05) is 25.6 Å². The summed E-state index contributed by atoms with van der Waals surface area (Å²) in [6.45, 7) is 5.85. The summed E-state index contributed by atoms with van der Waals surface area (Å²) in [5.74, 6) is 1.22. The van der Waals surface area contributed by atoms with Crippen LogP contribution in [0.4, 0.5) is 0 Å². The van der Waals surface area contributed by atoms with Crippen LogP contribution in [0.2, 0.25) is 0 Å². The summed E-state index contributed by atoms with van der Waals surface area (Å²) in [5.41, 5.74) is 2.00. The number of likely N-dealkylation sites (tertiary alicyclic amines) is 2. The number of aromatic nitrogens is 2. The zero-order chi connectivity index (χ0) is 17.2. The van der Waals surface area contributed by atoms with E-state index in [1.807, 2.05) is 17.0 Å². The van der Waals surface area contributed by atoms with Crippen LogP contribution in [0, 0.1) is 6.92 Å². The summed E-state index contributed by atoms with van der Waals surface area (Å²) in [5, 5.41) is 4.01. The third-order valence-corrected chi connectivity index (χ3v) is 5.16. The number of carbonyl (C=O) groups is 1. The van der Waals surface area contributed by atoms with Crippen LogP contribution in [0.1, 0.15) is 59.4 Å². The van der Waals surface area contributed by atoms with Crippen molar-refractivity contribution >= 4 is 5.91 Å². The molecule has 2 aromatic rings. The standard InChI is InChI=1S/C19H24N4O2/c1-14-20-18(21-25-14)17-5-4-12-23(17)19(24)16-8-6-15(7-9-16)13-22-10-2-3-11-22/h6-9,17H,2-5,10-13H2,1H3/t17-/m1/s1. The quantitative estimate of drug-likeness (QED) is 0.856. The van der Waals surface area contributed by atoms with Crippen LogP contribution in [0.5, 0.6) is 0 Å². The summed E-state index contributed by atoms with van der Waals surface area (Å²) < 4.78 is 5.09. The zero-order valence-corrected chi connectivity index (χ0v) is 14.6. The Morgan fingerprint density at radius 1 is 1.16 bits per heavy atom. The van der Waals surface area contributed by atoms with Crippen LogP contribution >= 0.6 is 0 Å². The van der Waals surface area contributed by atoms with Gasteiger partial charge in [-0.25, -0.2) is 0 Å². The third-order valence-electron chi connectivity index (χ3n) is 5.16. The topological polar surface area (TPSA) is 62.5 Å². The molecular formula is C19H24N4O2. The molecule has 2 saturated heterocycles. The van der Waals surface area contributed by atoms with Gasteiger partial charge in [0.15, 0.2) is 5.82 Å². The summed E-state index contributed by atoms with van der Waals surface area (Å²) in [6.07, 6.45) is 4.44. The molecular weight excluding hydrogens is 316 g/mol. The van der Waals surface area contributed by atoms with Crippen molar-refractivity contribution in [3.05, 3.63) is 47.1 Å². The molecule has 2 fully saturated rings. The van der Waals surface area contributed by atoms with Crippen molar-refractivity contribution in [2.75, 3.05) is 19.6 Å². The minimum atomic E-state index is -0.0748. The van der Waals surface area contributed by atoms with Gasteiger partial charge in [0.2, 0.25) is 5.89 Å². The number of hydrogen-bond donors (Lipinski definition) is 0. The summed E-state index contributed by atoms with van der Waals surface area (Å²) in [7, 11) is 0. The van der Waals surface area contributed by atoms with Gasteiger partial charge in [-0.1, -0.05) is 17.3 Å². The second-order valence-electron chi connectivity index (χ2n) is 7.01. The van der Waals surface area contributed by atoms with E-state index in [0.29, 0.717) is 11.7 Å². The molecule has 1 atom stereocenters. The average Bonchev–Trinajstić information content (AvgIpc) is 3.36. The molecule has 4 rings (SSSR count). The number of aryl methyl sites for hydroxylation is 1. The van der Waals surface area contributed by atoms with Crippen molar-refractivity contribution in [2.45, 2.75) is 45.2 Å². The fourth-order valence-corrected chi connectivity index (χ4v) is 3.85. The highest BCUT2D eigenvalue weighted by Crippen LogP contribution is 2.31. The van der Waals surface area contributed by atoms with Gasteiger partial charge < -0.3 is 9.42 Å². The largest absolute Gasteiger partial charge is 0.340 e. The first-order valence-corrected chi connectivity index (χ1v) is 9.13. The van der Waals surface area contributed by atoms with E-state index in [1.165, 1.54) is 31.5 Å². The molecule has 0 radical (unpaired) electrons. The van der Waals surface area contributed by atoms with E-state index in [4.69, 9.17) is 4.52 Å². The van der Waals surface area contributed by atoms with E-state index >= 15 is 0 Å². The third kappa shape index (κ3) is 3.44. The number of nitrogens with zero attached hydrogens (tertiary/aromatic N) is 4. The SMILES string of the molecule is Cc1nc([C@H]2CCCN2C(=O)c2ccc(CN3CCCC3)cc2)no1. The maximum Gasteiger partial charge on any atom is 0.254 e. The molecule has 0 saturated carbocycles. The Morgan fingerprint density at radius 3 is 2.60 bits per heavy atom. The maximum atomic E-state index is 12.9. The monoisotopic (exact) mass is 340 g/mol. The van der Waals surface area contributed by atoms with Crippen LogP contribution in [-0.4, -0.2) is 45.5 Å². The molecule has 1 aromatic carbocycles. The Labute approximate surface area is 147 Å². The first-order valence-electron chi connectivity index (χ1n) is 9.13. The molecule has 3 heterocycles. The first-order chi connectivity index (χ1) is 12.2. The van der Waals surface area contributed by atoms with Crippen molar-refractivity contribution in [1.82, 2.24) is 19.9 Å². The van der Waals surface area contributed by atoms with E-state index in [1.54, 1.807) is 6.92 Å². The Hall–Kier alpha value is -2.21. The van der Waals surface area contributed by atoms with E-state index in [0.717, 1.165) is 31.5 Å². The molecule has 1 amide bonds. The van der Waals surface area contributed by atoms with E-state index in [9.17, 15) is 4.79 Å². The first kappa shape index (κ1) is 16.3. The summed E-state index contributed by atoms with van der Waals surface area (Å²) in [4.78, 5) is 21.6. The second kappa shape index (κ2) is 6.96. The van der Waals surface area contributed by atoms with Gasteiger partial charge in [0.25, 0.3) is 5.91 Å². The molecule has 0 unspecified atom stereocenters. The molecule has 132 valence electrons. The lowest BCUT2D eigenvalue weighted by atomic mass is 10.1. The summed E-state index contributed by atoms with van der Waals surface area (Å²) >= 11 is 0. The predicted molar refractivity (Wildman–Crippen MR) is 93.0 cm³/mol. The van der Waals surface area contributed by atoms with Crippen molar-refractivity contribution in [1.29, 1.82) is 0 Å². The number of hydrogen-bond acceptors (Lipinski definition) is 5. The highest BCUT2D eigenvalue weighted by molar-refractivity contribution is 5.94. The number of benzene rings is 1. The van der Waals surface area contributed by atoms with Crippen LogP contribution < -0.4 is 0 Å². The molecule has 6 heteroatoms. The van der Waals surface area contributed by atoms with Gasteiger partial charge in [0.05, 0.1) is 6.04 Å². The van der Waals surface area contributed by atoms with E-state index in [2.05, 4.69) is 27.2 Å². The fraction of sp³-hybridized carbons (Fsp3) is 0.526. The van der Waals surface area contributed by atoms with Gasteiger partial charge in [-0.2, -0.15) is 4.98 Å². The maximum absolute atomic E-state index is 12.9. The van der Waals surface area contributed by atoms with E-state index < -0.39 is 0 Å². The molecule has 1 aromatic heterocycles. The molecule has 0 spiro atoms. The average molecular weight is 340 g/mol. The van der Waals surface area contributed by atoms with E-state index in [-0.39, 0.29) is 11.9 Å².